The Morgan fingerprint density at radius 3 is 2.43 bits per heavy atom. The number of likely N-dealkylation sites (N-methyl/N-ethyl adjacent to an activating group) is 1. The maximum Gasteiger partial charge on any atom is 0.352 e. The molecule has 1 aromatic heterocycles. The van der Waals surface area contributed by atoms with E-state index in [0.717, 1.165) is 0 Å². The van der Waals surface area contributed by atoms with Crippen LogP contribution >= 0.6 is 0 Å². The Labute approximate surface area is 122 Å². The van der Waals surface area contributed by atoms with Gasteiger partial charge in [0, 0.05) is 13.1 Å². The topological polar surface area (TPSA) is 86.0 Å². The smallest absolute Gasteiger partial charge is 0.352 e. The van der Waals surface area contributed by atoms with Crippen LogP contribution < -0.4 is 10.5 Å². The molecule has 0 fully saturated rings. The highest BCUT2D eigenvalue weighted by atomic mass is 16.5. The maximum absolute atomic E-state index is 11.9. The molecular weight excluding hydrogens is 278 g/mol. The SMILES string of the molecule is CCOC(=O)CN(C)c1cc(C)oc(=O)c1C(=O)OCC. The largest absolute Gasteiger partial charge is 0.465 e. The minimum Gasteiger partial charge on any atom is -0.465 e. The minimum absolute atomic E-state index is 0.0941. The Bertz CT molecular complexity index is 577. The molecule has 7 nitrogen and oxygen atoms in total. The van der Waals surface area contributed by atoms with E-state index < -0.39 is 17.6 Å². The first-order valence-electron chi connectivity index (χ1n) is 6.59. The number of carbonyl (C=O) groups excluding carboxylic acids is 2. The fourth-order valence-corrected chi connectivity index (χ4v) is 1.77. The van der Waals surface area contributed by atoms with E-state index in [1.807, 2.05) is 0 Å². The van der Waals surface area contributed by atoms with E-state index in [-0.39, 0.29) is 31.0 Å². The van der Waals surface area contributed by atoms with Crippen LogP contribution in [0.15, 0.2) is 15.3 Å². The summed E-state index contributed by atoms with van der Waals surface area (Å²) in [6, 6.07) is 1.51. The first-order chi connectivity index (χ1) is 9.90. The van der Waals surface area contributed by atoms with Gasteiger partial charge >= 0.3 is 17.6 Å². The van der Waals surface area contributed by atoms with Gasteiger partial charge in [-0.15, -0.1) is 0 Å². The summed E-state index contributed by atoms with van der Waals surface area (Å²) in [4.78, 5) is 36.7. The van der Waals surface area contributed by atoms with Crippen molar-refractivity contribution in [3.8, 4) is 0 Å². The third-order valence-corrected chi connectivity index (χ3v) is 2.62. The lowest BCUT2D eigenvalue weighted by Gasteiger charge is -2.20. The number of ether oxygens (including phenoxy) is 2. The fourth-order valence-electron chi connectivity index (χ4n) is 1.77. The second-order valence-corrected chi connectivity index (χ2v) is 4.29. The predicted octanol–water partition coefficient (Wildman–Crippen LogP) is 1.12. The Morgan fingerprint density at radius 1 is 1.24 bits per heavy atom. The van der Waals surface area contributed by atoms with E-state index in [1.54, 1.807) is 27.8 Å². The van der Waals surface area contributed by atoms with Crippen molar-refractivity contribution in [2.45, 2.75) is 20.8 Å². The average molecular weight is 297 g/mol. The molecule has 0 saturated heterocycles. The number of carbonyl (C=O) groups is 2. The summed E-state index contributed by atoms with van der Waals surface area (Å²) < 4.78 is 14.6. The van der Waals surface area contributed by atoms with Crippen molar-refractivity contribution in [2.24, 2.45) is 0 Å². The van der Waals surface area contributed by atoms with Crippen LogP contribution in [0.4, 0.5) is 5.69 Å². The fraction of sp³-hybridized carbons (Fsp3) is 0.500. The van der Waals surface area contributed by atoms with Gasteiger partial charge in [0.2, 0.25) is 0 Å². The average Bonchev–Trinajstić information content (AvgIpc) is 2.37. The van der Waals surface area contributed by atoms with Gasteiger partial charge in [0.15, 0.2) is 5.56 Å². The zero-order valence-corrected chi connectivity index (χ0v) is 12.6. The minimum atomic E-state index is -0.792. The lowest BCUT2D eigenvalue weighted by atomic mass is 10.2. The number of aryl methyl sites for hydroxylation is 1. The molecule has 0 amide bonds. The molecule has 0 bridgehead atoms. The monoisotopic (exact) mass is 297 g/mol. The van der Waals surface area contributed by atoms with E-state index in [0.29, 0.717) is 5.76 Å². The van der Waals surface area contributed by atoms with Crippen LogP contribution in [0.1, 0.15) is 30.0 Å². The van der Waals surface area contributed by atoms with Gasteiger partial charge in [0.05, 0.1) is 18.9 Å². The predicted molar refractivity (Wildman–Crippen MR) is 75.6 cm³/mol. The molecule has 0 unspecified atom stereocenters. The molecule has 0 aliphatic heterocycles. The molecule has 0 spiro atoms. The van der Waals surface area contributed by atoms with E-state index in [9.17, 15) is 14.4 Å². The summed E-state index contributed by atoms with van der Waals surface area (Å²) in [6.45, 7) is 5.21. The molecule has 1 rings (SSSR count). The zero-order valence-electron chi connectivity index (χ0n) is 12.6. The van der Waals surface area contributed by atoms with E-state index >= 15 is 0 Å². The number of rotatable bonds is 6. The van der Waals surface area contributed by atoms with Crippen LogP contribution in [0.2, 0.25) is 0 Å². The van der Waals surface area contributed by atoms with Gasteiger partial charge in [-0.1, -0.05) is 0 Å². The van der Waals surface area contributed by atoms with Crippen LogP contribution in [0.3, 0.4) is 0 Å². The first-order valence-corrected chi connectivity index (χ1v) is 6.59. The second-order valence-electron chi connectivity index (χ2n) is 4.29. The van der Waals surface area contributed by atoms with Crippen LogP contribution in [0.5, 0.6) is 0 Å². The summed E-state index contributed by atoms with van der Waals surface area (Å²) >= 11 is 0. The van der Waals surface area contributed by atoms with E-state index in [1.165, 1.54) is 11.0 Å². The third-order valence-electron chi connectivity index (χ3n) is 2.62. The molecule has 21 heavy (non-hydrogen) atoms. The molecule has 0 radical (unpaired) electrons. The molecule has 0 saturated carbocycles. The van der Waals surface area contributed by atoms with Crippen molar-refractivity contribution in [2.75, 3.05) is 31.7 Å². The van der Waals surface area contributed by atoms with Gasteiger partial charge in [0.25, 0.3) is 0 Å². The van der Waals surface area contributed by atoms with Crippen LogP contribution in [0, 0.1) is 6.92 Å². The van der Waals surface area contributed by atoms with Gasteiger partial charge < -0.3 is 18.8 Å². The van der Waals surface area contributed by atoms with Gasteiger partial charge in [-0.3, -0.25) is 4.79 Å². The van der Waals surface area contributed by atoms with Crippen molar-refractivity contribution in [3.63, 3.8) is 0 Å². The summed E-state index contributed by atoms with van der Waals surface area (Å²) in [6.07, 6.45) is 0. The highest BCUT2D eigenvalue weighted by molar-refractivity contribution is 5.95. The van der Waals surface area contributed by atoms with Gasteiger partial charge in [0.1, 0.15) is 12.3 Å². The molecule has 0 atom stereocenters. The number of nitrogens with zero attached hydrogens (tertiary/aromatic N) is 1. The molecule has 0 N–H and O–H groups in total. The number of anilines is 1. The first kappa shape index (κ1) is 16.7. The molecule has 0 aliphatic rings. The lowest BCUT2D eigenvalue weighted by molar-refractivity contribution is -0.141. The highest BCUT2D eigenvalue weighted by Gasteiger charge is 2.23. The Kier molecular flexibility index (Phi) is 5.95. The Balaban J connectivity index is 3.17. The van der Waals surface area contributed by atoms with Crippen molar-refractivity contribution in [1.82, 2.24) is 0 Å². The summed E-state index contributed by atoms with van der Waals surface area (Å²) in [5, 5.41) is 0. The molecule has 7 heteroatoms. The number of esters is 2. The number of hydrogen-bond acceptors (Lipinski definition) is 7. The quantitative estimate of drug-likeness (QED) is 0.727. The van der Waals surface area contributed by atoms with Gasteiger partial charge in [-0.05, 0) is 20.8 Å². The summed E-state index contributed by atoms with van der Waals surface area (Å²) in [5.41, 5.74) is -0.747. The molecule has 116 valence electrons. The molecule has 0 aliphatic carbocycles. The molecule has 1 heterocycles. The Morgan fingerprint density at radius 2 is 1.86 bits per heavy atom. The maximum atomic E-state index is 11.9. The van der Waals surface area contributed by atoms with E-state index in [4.69, 9.17) is 13.9 Å². The van der Waals surface area contributed by atoms with Gasteiger partial charge in [-0.2, -0.15) is 0 Å². The second kappa shape index (κ2) is 7.47. The van der Waals surface area contributed by atoms with Crippen molar-refractivity contribution < 1.29 is 23.5 Å². The van der Waals surface area contributed by atoms with E-state index in [2.05, 4.69) is 0 Å². The molecule has 1 aromatic rings. The van der Waals surface area contributed by atoms with Gasteiger partial charge in [-0.25, -0.2) is 9.59 Å². The van der Waals surface area contributed by atoms with Crippen LogP contribution in [-0.4, -0.2) is 38.7 Å². The highest BCUT2D eigenvalue weighted by Crippen LogP contribution is 2.19. The summed E-state index contributed by atoms with van der Waals surface area (Å²) in [7, 11) is 1.58. The third kappa shape index (κ3) is 4.34. The van der Waals surface area contributed by atoms with Crippen molar-refractivity contribution >= 4 is 17.6 Å². The summed E-state index contributed by atoms with van der Waals surface area (Å²) in [5.74, 6) is -0.906. The lowest BCUT2D eigenvalue weighted by Crippen LogP contribution is -2.31. The zero-order chi connectivity index (χ0) is 16.0. The van der Waals surface area contributed by atoms with Crippen LogP contribution in [-0.2, 0) is 14.3 Å². The molecule has 0 aromatic carbocycles. The standard InChI is InChI=1S/C14H19NO6/c1-5-19-11(16)8-15(4)10-7-9(3)21-14(18)12(10)13(17)20-6-2/h7H,5-6,8H2,1-4H3. The normalized spacial score (nSPS) is 10.1. The Hall–Kier alpha value is -2.31. The van der Waals surface area contributed by atoms with Crippen molar-refractivity contribution in [1.29, 1.82) is 0 Å². The van der Waals surface area contributed by atoms with Crippen LogP contribution in [0.25, 0.3) is 0 Å². The van der Waals surface area contributed by atoms with Crippen molar-refractivity contribution in [3.05, 3.63) is 27.8 Å². The number of hydrogen-bond donors (Lipinski definition) is 0. The molecular formula is C14H19NO6.